The first-order chi connectivity index (χ1) is 7.04. The van der Waals surface area contributed by atoms with Crippen molar-refractivity contribution >= 4 is 5.97 Å². The number of nitrogens with one attached hydrogen (secondary N) is 1. The molecule has 15 heavy (non-hydrogen) atoms. The molecule has 84 valence electrons. The van der Waals surface area contributed by atoms with Crippen molar-refractivity contribution in [3.8, 4) is 0 Å². The minimum Gasteiger partial charge on any atom is -0.481 e. The first kappa shape index (κ1) is 11.7. The second kappa shape index (κ2) is 4.93. The van der Waals surface area contributed by atoms with E-state index in [0.717, 1.165) is 17.8 Å². The highest BCUT2D eigenvalue weighted by Gasteiger charge is 2.18. The Kier molecular flexibility index (Phi) is 3.85. The summed E-state index contributed by atoms with van der Waals surface area (Å²) in [6.45, 7) is 4.59. The Balaban J connectivity index is 2.87. The Hall–Kier alpha value is -1.36. The normalized spacial score (nSPS) is 12.7. The Morgan fingerprint density at radius 2 is 2.40 bits per heavy atom. The average Bonchev–Trinajstić information content (AvgIpc) is 2.44. The minimum absolute atomic E-state index is 0.0837. The number of hydrogen-bond acceptors (Lipinski definition) is 3. The van der Waals surface area contributed by atoms with Crippen LogP contribution in [0.2, 0.25) is 0 Å². The molecule has 0 saturated carbocycles. The summed E-state index contributed by atoms with van der Waals surface area (Å²) < 4.78 is 1.71. The summed E-state index contributed by atoms with van der Waals surface area (Å²) in [7, 11) is 1.83. The third kappa shape index (κ3) is 3.06. The second-order valence-corrected chi connectivity index (χ2v) is 3.55. The maximum Gasteiger partial charge on any atom is 0.305 e. The van der Waals surface area contributed by atoms with Gasteiger partial charge < -0.3 is 10.4 Å². The molecule has 0 spiro atoms. The average molecular weight is 211 g/mol. The van der Waals surface area contributed by atoms with Crippen molar-refractivity contribution in [2.45, 2.75) is 26.3 Å². The van der Waals surface area contributed by atoms with Crippen molar-refractivity contribution < 1.29 is 9.90 Å². The van der Waals surface area contributed by atoms with E-state index in [1.807, 2.05) is 27.1 Å². The van der Waals surface area contributed by atoms with E-state index < -0.39 is 5.97 Å². The first-order valence-corrected chi connectivity index (χ1v) is 5.00. The number of carboxylic acids is 1. The van der Waals surface area contributed by atoms with Gasteiger partial charge in [-0.05, 0) is 13.5 Å². The van der Waals surface area contributed by atoms with Crippen LogP contribution in [-0.2, 0) is 11.8 Å². The van der Waals surface area contributed by atoms with Gasteiger partial charge in [-0.15, -0.1) is 0 Å². The van der Waals surface area contributed by atoms with Crippen LogP contribution in [0.15, 0.2) is 6.20 Å². The molecule has 1 unspecified atom stereocenters. The van der Waals surface area contributed by atoms with Crippen LogP contribution in [0.3, 0.4) is 0 Å². The summed E-state index contributed by atoms with van der Waals surface area (Å²) in [4.78, 5) is 10.7. The van der Waals surface area contributed by atoms with Crippen molar-refractivity contribution in [1.29, 1.82) is 0 Å². The maximum absolute atomic E-state index is 10.7. The monoisotopic (exact) mass is 211 g/mol. The molecule has 0 radical (unpaired) electrons. The summed E-state index contributed by atoms with van der Waals surface area (Å²) >= 11 is 0. The van der Waals surface area contributed by atoms with E-state index in [1.54, 1.807) is 4.68 Å². The van der Waals surface area contributed by atoms with Crippen LogP contribution in [0.25, 0.3) is 0 Å². The number of rotatable bonds is 5. The lowest BCUT2D eigenvalue weighted by molar-refractivity contribution is -0.137. The standard InChI is InChI=1S/C10H17N3O2/c1-4-11-9(5-10(14)15)8-6-13(3)12-7(8)2/h6,9,11H,4-5H2,1-3H3,(H,14,15). The number of aryl methyl sites for hydroxylation is 2. The fourth-order valence-corrected chi connectivity index (χ4v) is 1.67. The third-order valence-electron chi connectivity index (χ3n) is 2.26. The van der Waals surface area contributed by atoms with Crippen LogP contribution in [0.4, 0.5) is 0 Å². The lowest BCUT2D eigenvalue weighted by Crippen LogP contribution is -2.23. The van der Waals surface area contributed by atoms with E-state index in [2.05, 4.69) is 10.4 Å². The quantitative estimate of drug-likeness (QED) is 0.757. The van der Waals surface area contributed by atoms with Crippen molar-refractivity contribution in [3.05, 3.63) is 17.5 Å². The first-order valence-electron chi connectivity index (χ1n) is 5.00. The van der Waals surface area contributed by atoms with Gasteiger partial charge in [0.2, 0.25) is 0 Å². The van der Waals surface area contributed by atoms with E-state index in [-0.39, 0.29) is 12.5 Å². The predicted octanol–water partition coefficient (Wildman–Crippen LogP) is 0.854. The van der Waals surface area contributed by atoms with E-state index in [0.29, 0.717) is 0 Å². The van der Waals surface area contributed by atoms with Gasteiger partial charge in [0.1, 0.15) is 0 Å². The molecule has 0 aliphatic heterocycles. The molecule has 1 atom stereocenters. The molecule has 0 aromatic carbocycles. The minimum atomic E-state index is -0.802. The van der Waals surface area contributed by atoms with E-state index in [9.17, 15) is 4.79 Å². The lowest BCUT2D eigenvalue weighted by Gasteiger charge is -2.14. The fraction of sp³-hybridized carbons (Fsp3) is 0.600. The van der Waals surface area contributed by atoms with Crippen molar-refractivity contribution in [3.63, 3.8) is 0 Å². The molecule has 1 rings (SSSR count). The van der Waals surface area contributed by atoms with Crippen LogP contribution < -0.4 is 5.32 Å². The summed E-state index contributed by atoms with van der Waals surface area (Å²) in [5, 5.41) is 16.2. The van der Waals surface area contributed by atoms with Crippen molar-refractivity contribution in [2.24, 2.45) is 7.05 Å². The molecular formula is C10H17N3O2. The molecule has 0 saturated heterocycles. The largest absolute Gasteiger partial charge is 0.481 e. The Morgan fingerprint density at radius 3 is 2.80 bits per heavy atom. The molecule has 5 nitrogen and oxygen atoms in total. The number of carbonyl (C=O) groups is 1. The number of nitrogens with zero attached hydrogens (tertiary/aromatic N) is 2. The summed E-state index contributed by atoms with van der Waals surface area (Å²) in [6, 6.07) is -0.152. The molecule has 0 bridgehead atoms. The molecule has 1 heterocycles. The van der Waals surface area contributed by atoms with Gasteiger partial charge in [0.05, 0.1) is 12.1 Å². The number of aliphatic carboxylic acids is 1. The molecule has 0 amide bonds. The zero-order valence-corrected chi connectivity index (χ0v) is 9.32. The molecule has 1 aromatic rings. The smallest absolute Gasteiger partial charge is 0.305 e. The summed E-state index contributed by atoms with van der Waals surface area (Å²) in [5.41, 5.74) is 1.84. The van der Waals surface area contributed by atoms with E-state index in [4.69, 9.17) is 5.11 Å². The lowest BCUT2D eigenvalue weighted by atomic mass is 10.1. The van der Waals surface area contributed by atoms with Gasteiger partial charge in [-0.25, -0.2) is 0 Å². The van der Waals surface area contributed by atoms with Gasteiger partial charge in [-0.2, -0.15) is 5.10 Å². The number of carboxylic acid groups (broad SMARTS) is 1. The van der Waals surface area contributed by atoms with Crippen LogP contribution in [-0.4, -0.2) is 27.4 Å². The van der Waals surface area contributed by atoms with Gasteiger partial charge in [0.25, 0.3) is 0 Å². The Labute approximate surface area is 89.1 Å². The number of aromatic nitrogens is 2. The van der Waals surface area contributed by atoms with Crippen LogP contribution in [0.5, 0.6) is 0 Å². The zero-order valence-electron chi connectivity index (χ0n) is 9.32. The fourth-order valence-electron chi connectivity index (χ4n) is 1.67. The van der Waals surface area contributed by atoms with Gasteiger partial charge in [-0.3, -0.25) is 9.48 Å². The highest BCUT2D eigenvalue weighted by molar-refractivity contribution is 5.68. The SMILES string of the molecule is CCNC(CC(=O)O)c1cn(C)nc1C. The van der Waals surface area contributed by atoms with Gasteiger partial charge in [-0.1, -0.05) is 6.92 Å². The van der Waals surface area contributed by atoms with Crippen molar-refractivity contribution in [2.75, 3.05) is 6.54 Å². The molecule has 1 aromatic heterocycles. The number of hydrogen-bond donors (Lipinski definition) is 2. The zero-order chi connectivity index (χ0) is 11.4. The maximum atomic E-state index is 10.7. The molecule has 0 aliphatic rings. The summed E-state index contributed by atoms with van der Waals surface area (Å²) in [6.07, 6.45) is 1.95. The Morgan fingerprint density at radius 1 is 1.73 bits per heavy atom. The Bertz CT molecular complexity index is 346. The van der Waals surface area contributed by atoms with Gasteiger partial charge in [0, 0.05) is 24.8 Å². The van der Waals surface area contributed by atoms with E-state index >= 15 is 0 Å². The molecule has 2 N–H and O–H groups in total. The second-order valence-electron chi connectivity index (χ2n) is 3.55. The van der Waals surface area contributed by atoms with Crippen molar-refractivity contribution in [1.82, 2.24) is 15.1 Å². The van der Waals surface area contributed by atoms with Crippen LogP contribution in [0, 0.1) is 6.92 Å². The van der Waals surface area contributed by atoms with Gasteiger partial charge >= 0.3 is 5.97 Å². The molecule has 5 heteroatoms. The highest BCUT2D eigenvalue weighted by Crippen LogP contribution is 2.19. The highest BCUT2D eigenvalue weighted by atomic mass is 16.4. The predicted molar refractivity (Wildman–Crippen MR) is 56.6 cm³/mol. The van der Waals surface area contributed by atoms with Gasteiger partial charge in [0.15, 0.2) is 0 Å². The van der Waals surface area contributed by atoms with E-state index in [1.165, 1.54) is 0 Å². The summed E-state index contributed by atoms with van der Waals surface area (Å²) in [5.74, 6) is -0.802. The van der Waals surface area contributed by atoms with Crippen LogP contribution >= 0.6 is 0 Å². The molecule has 0 aliphatic carbocycles. The topological polar surface area (TPSA) is 67.2 Å². The molecular weight excluding hydrogens is 194 g/mol. The van der Waals surface area contributed by atoms with Crippen LogP contribution in [0.1, 0.15) is 30.6 Å². The third-order valence-corrected chi connectivity index (χ3v) is 2.26. The molecule has 0 fully saturated rings.